The second-order valence-electron chi connectivity index (χ2n) is 4.36. The molecule has 0 saturated carbocycles. The van der Waals surface area contributed by atoms with Crippen LogP contribution in [0.15, 0.2) is 60.8 Å². The van der Waals surface area contributed by atoms with Crippen molar-refractivity contribution in [1.82, 2.24) is 15.0 Å². The van der Waals surface area contributed by atoms with Gasteiger partial charge in [0.05, 0.1) is 17.6 Å². The molecule has 1 unspecified atom stereocenters. The first-order valence-corrected chi connectivity index (χ1v) is 6.53. The Morgan fingerprint density at radius 3 is 2.60 bits per heavy atom. The third-order valence-electron chi connectivity index (χ3n) is 3.02. The molecule has 1 N–H and O–H groups in total. The van der Waals surface area contributed by atoms with Gasteiger partial charge in [0.25, 0.3) is 0 Å². The van der Waals surface area contributed by atoms with Crippen molar-refractivity contribution < 1.29 is 5.11 Å². The molecular weight excluding hydrogens is 274 g/mol. The van der Waals surface area contributed by atoms with Gasteiger partial charge in [0.2, 0.25) is 0 Å². The smallest absolute Gasteiger partial charge is 0.123 e. The topological polar surface area (TPSA) is 50.9 Å². The summed E-state index contributed by atoms with van der Waals surface area (Å²) in [5.41, 5.74) is 2.15. The molecule has 100 valence electrons. The van der Waals surface area contributed by atoms with Gasteiger partial charge < -0.3 is 5.11 Å². The number of aliphatic hydroxyl groups excluding tert-OH is 1. The van der Waals surface area contributed by atoms with E-state index in [0.717, 1.165) is 5.69 Å². The van der Waals surface area contributed by atoms with Crippen molar-refractivity contribution in [1.29, 1.82) is 0 Å². The maximum Gasteiger partial charge on any atom is 0.123 e. The van der Waals surface area contributed by atoms with E-state index in [4.69, 9.17) is 11.6 Å². The molecular formula is C15H12ClN3O. The highest BCUT2D eigenvalue weighted by Gasteiger charge is 2.17. The van der Waals surface area contributed by atoms with Crippen molar-refractivity contribution in [3.05, 3.63) is 77.1 Å². The van der Waals surface area contributed by atoms with Gasteiger partial charge in [-0.05, 0) is 29.8 Å². The predicted molar refractivity (Wildman–Crippen MR) is 76.9 cm³/mol. The molecule has 1 atom stereocenters. The van der Waals surface area contributed by atoms with Crippen molar-refractivity contribution in [2.24, 2.45) is 0 Å². The van der Waals surface area contributed by atoms with Crippen molar-refractivity contribution >= 4 is 11.6 Å². The van der Waals surface area contributed by atoms with Crippen molar-refractivity contribution in [3.8, 4) is 5.69 Å². The molecule has 0 spiro atoms. The van der Waals surface area contributed by atoms with Gasteiger partial charge in [-0.15, -0.1) is 5.10 Å². The summed E-state index contributed by atoms with van der Waals surface area (Å²) in [4.78, 5) is 0. The van der Waals surface area contributed by atoms with Crippen molar-refractivity contribution in [2.45, 2.75) is 6.10 Å². The number of rotatable bonds is 3. The van der Waals surface area contributed by atoms with Gasteiger partial charge >= 0.3 is 0 Å². The minimum Gasteiger partial charge on any atom is -0.382 e. The molecule has 0 fully saturated rings. The van der Waals surface area contributed by atoms with Crippen LogP contribution < -0.4 is 0 Å². The Bertz CT molecular complexity index is 712. The predicted octanol–water partition coefficient (Wildman–Crippen LogP) is 3.00. The van der Waals surface area contributed by atoms with Crippen LogP contribution in [0.3, 0.4) is 0 Å². The second-order valence-corrected chi connectivity index (χ2v) is 4.80. The highest BCUT2D eigenvalue weighted by Crippen LogP contribution is 2.25. The SMILES string of the molecule is OC(c1cccc(Cl)c1)c1cnnn1-c1ccccc1. The van der Waals surface area contributed by atoms with E-state index < -0.39 is 6.10 Å². The zero-order valence-electron chi connectivity index (χ0n) is 10.5. The molecule has 20 heavy (non-hydrogen) atoms. The van der Waals surface area contributed by atoms with Crippen LogP contribution in [0.1, 0.15) is 17.4 Å². The van der Waals surface area contributed by atoms with E-state index in [1.54, 1.807) is 29.1 Å². The Labute approximate surface area is 121 Å². The molecule has 1 heterocycles. The van der Waals surface area contributed by atoms with E-state index >= 15 is 0 Å². The summed E-state index contributed by atoms with van der Waals surface area (Å²) in [5, 5.41) is 19.0. The quantitative estimate of drug-likeness (QED) is 0.805. The molecule has 0 amide bonds. The molecule has 1 aromatic heterocycles. The summed E-state index contributed by atoms with van der Waals surface area (Å²) >= 11 is 5.96. The second kappa shape index (κ2) is 5.45. The molecule has 0 saturated heterocycles. The summed E-state index contributed by atoms with van der Waals surface area (Å²) in [5.74, 6) is 0. The molecule has 2 aromatic carbocycles. The number of halogens is 1. The highest BCUT2D eigenvalue weighted by molar-refractivity contribution is 6.30. The largest absolute Gasteiger partial charge is 0.382 e. The zero-order chi connectivity index (χ0) is 13.9. The Hall–Kier alpha value is -2.17. The Morgan fingerprint density at radius 2 is 1.85 bits per heavy atom. The third-order valence-corrected chi connectivity index (χ3v) is 3.26. The highest BCUT2D eigenvalue weighted by atomic mass is 35.5. The van der Waals surface area contributed by atoms with Crippen LogP contribution in [0.2, 0.25) is 5.02 Å². The van der Waals surface area contributed by atoms with E-state index in [9.17, 15) is 5.11 Å². The molecule has 3 rings (SSSR count). The third kappa shape index (κ3) is 2.43. The molecule has 5 heteroatoms. The maximum atomic E-state index is 10.5. The first-order valence-electron chi connectivity index (χ1n) is 6.15. The van der Waals surface area contributed by atoms with Crippen LogP contribution in [0.4, 0.5) is 0 Å². The van der Waals surface area contributed by atoms with Crippen LogP contribution in [-0.4, -0.2) is 20.1 Å². The van der Waals surface area contributed by atoms with Gasteiger partial charge in [0.1, 0.15) is 6.10 Å². The fourth-order valence-electron chi connectivity index (χ4n) is 2.05. The lowest BCUT2D eigenvalue weighted by Crippen LogP contribution is -2.08. The number of nitrogens with zero attached hydrogens (tertiary/aromatic N) is 3. The summed E-state index contributed by atoms with van der Waals surface area (Å²) in [6, 6.07) is 16.7. The summed E-state index contributed by atoms with van der Waals surface area (Å²) in [6.07, 6.45) is 0.724. The number of hydrogen-bond acceptors (Lipinski definition) is 3. The maximum absolute atomic E-state index is 10.5. The van der Waals surface area contributed by atoms with E-state index in [-0.39, 0.29) is 0 Å². The van der Waals surface area contributed by atoms with Gasteiger partial charge in [0, 0.05) is 5.02 Å². The Kier molecular flexibility index (Phi) is 3.50. The lowest BCUT2D eigenvalue weighted by molar-refractivity contribution is 0.212. The van der Waals surface area contributed by atoms with E-state index in [0.29, 0.717) is 16.3 Å². The van der Waals surface area contributed by atoms with Gasteiger partial charge in [0.15, 0.2) is 0 Å². The normalized spacial score (nSPS) is 12.3. The van der Waals surface area contributed by atoms with Crippen molar-refractivity contribution in [3.63, 3.8) is 0 Å². The van der Waals surface area contributed by atoms with Gasteiger partial charge in [-0.1, -0.05) is 47.1 Å². The summed E-state index contributed by atoms with van der Waals surface area (Å²) in [7, 11) is 0. The van der Waals surface area contributed by atoms with Crippen LogP contribution in [0.25, 0.3) is 5.69 Å². The lowest BCUT2D eigenvalue weighted by atomic mass is 10.1. The number of hydrogen-bond donors (Lipinski definition) is 1. The monoisotopic (exact) mass is 285 g/mol. The number of benzene rings is 2. The number of aliphatic hydroxyl groups is 1. The molecule has 3 aromatic rings. The molecule has 4 nitrogen and oxygen atoms in total. The first-order chi connectivity index (χ1) is 9.75. The Morgan fingerprint density at radius 1 is 1.05 bits per heavy atom. The number of aromatic nitrogens is 3. The fraction of sp³-hybridized carbons (Fsp3) is 0.0667. The summed E-state index contributed by atoms with van der Waals surface area (Å²) in [6.45, 7) is 0. The minimum absolute atomic E-state index is 0.584. The molecule has 0 bridgehead atoms. The average Bonchev–Trinajstić information content (AvgIpc) is 2.97. The van der Waals surface area contributed by atoms with Crippen molar-refractivity contribution in [2.75, 3.05) is 0 Å². The summed E-state index contributed by atoms with van der Waals surface area (Å²) < 4.78 is 1.62. The molecule has 0 aliphatic rings. The van der Waals surface area contributed by atoms with E-state index in [2.05, 4.69) is 10.3 Å². The standard InChI is InChI=1S/C15H12ClN3O/c16-12-6-4-5-11(9-12)15(20)14-10-17-18-19(14)13-7-2-1-3-8-13/h1-10,15,20H. The van der Waals surface area contributed by atoms with Gasteiger partial charge in [-0.25, -0.2) is 4.68 Å². The van der Waals surface area contributed by atoms with E-state index in [1.165, 1.54) is 0 Å². The Balaban J connectivity index is 2.02. The van der Waals surface area contributed by atoms with Crippen LogP contribution in [0, 0.1) is 0 Å². The average molecular weight is 286 g/mol. The molecule has 0 radical (unpaired) electrons. The van der Waals surface area contributed by atoms with Gasteiger partial charge in [-0.3, -0.25) is 0 Å². The molecule has 0 aliphatic heterocycles. The number of para-hydroxylation sites is 1. The van der Waals surface area contributed by atoms with E-state index in [1.807, 2.05) is 36.4 Å². The molecule has 0 aliphatic carbocycles. The lowest BCUT2D eigenvalue weighted by Gasteiger charge is -2.13. The van der Waals surface area contributed by atoms with Crippen LogP contribution in [0.5, 0.6) is 0 Å². The zero-order valence-corrected chi connectivity index (χ0v) is 11.3. The minimum atomic E-state index is -0.830. The van der Waals surface area contributed by atoms with Gasteiger partial charge in [-0.2, -0.15) is 0 Å². The van der Waals surface area contributed by atoms with Crippen LogP contribution in [-0.2, 0) is 0 Å². The first kappa shape index (κ1) is 12.8. The van der Waals surface area contributed by atoms with Crippen LogP contribution >= 0.6 is 11.6 Å². The fourth-order valence-corrected chi connectivity index (χ4v) is 2.25.